The van der Waals surface area contributed by atoms with E-state index >= 15 is 0 Å². The lowest BCUT2D eigenvalue weighted by Gasteiger charge is -2.41. The molecule has 10 heteroatoms. The summed E-state index contributed by atoms with van der Waals surface area (Å²) in [5.41, 5.74) is -4.93. The predicted molar refractivity (Wildman–Crippen MR) is 128 cm³/mol. The summed E-state index contributed by atoms with van der Waals surface area (Å²) in [7, 11) is -0.373. The Bertz CT molecular complexity index is 942. The quantitative estimate of drug-likeness (QED) is 0.204. The number of carbonyl (C=O) groups is 2. The van der Waals surface area contributed by atoms with Crippen LogP contribution in [0.4, 0.5) is 13.2 Å². The minimum atomic E-state index is -5.15. The lowest BCUT2D eigenvalue weighted by molar-refractivity contribution is -0.278. The van der Waals surface area contributed by atoms with Gasteiger partial charge >= 0.3 is 18.1 Å². The number of halogens is 3. The van der Waals surface area contributed by atoms with Crippen LogP contribution in [-0.2, 0) is 33.8 Å². The van der Waals surface area contributed by atoms with Crippen molar-refractivity contribution in [3.05, 3.63) is 35.9 Å². The van der Waals surface area contributed by atoms with Crippen LogP contribution in [0.5, 0.6) is 0 Å². The zero-order valence-electron chi connectivity index (χ0n) is 21.8. The number of benzene rings is 1. The molecule has 196 valence electrons. The molecule has 0 aliphatic carbocycles. The van der Waals surface area contributed by atoms with Crippen molar-refractivity contribution in [3.8, 4) is 11.8 Å². The molecule has 0 bridgehead atoms. The van der Waals surface area contributed by atoms with Crippen LogP contribution >= 0.6 is 0 Å². The molecule has 0 aromatic heterocycles. The van der Waals surface area contributed by atoms with Crippen LogP contribution < -0.4 is 0 Å². The molecule has 0 aliphatic heterocycles. The molecule has 2 atom stereocenters. The van der Waals surface area contributed by atoms with Crippen LogP contribution in [0.2, 0.25) is 18.1 Å². The van der Waals surface area contributed by atoms with Gasteiger partial charge in [0.15, 0.2) is 14.4 Å². The largest absolute Gasteiger partial charge is 0.459 e. The van der Waals surface area contributed by atoms with Gasteiger partial charge in [0.25, 0.3) is 5.60 Å². The summed E-state index contributed by atoms with van der Waals surface area (Å²) < 4.78 is 63.8. The third kappa shape index (κ3) is 7.09. The van der Waals surface area contributed by atoms with Crippen molar-refractivity contribution < 1.29 is 41.4 Å². The average Bonchev–Trinajstić information content (AvgIpc) is 2.74. The van der Waals surface area contributed by atoms with Crippen LogP contribution in [0.3, 0.4) is 0 Å². The van der Waals surface area contributed by atoms with E-state index in [1.165, 1.54) is 18.2 Å². The molecule has 0 aliphatic rings. The highest BCUT2D eigenvalue weighted by Gasteiger charge is 2.64. The molecule has 6 nitrogen and oxygen atoms in total. The first kappa shape index (κ1) is 30.7. The van der Waals surface area contributed by atoms with E-state index < -0.39 is 49.1 Å². The van der Waals surface area contributed by atoms with E-state index in [1.807, 2.05) is 33.9 Å². The number of hydrogen-bond donors (Lipinski definition) is 0. The third-order valence-electron chi connectivity index (χ3n) is 6.21. The zero-order valence-corrected chi connectivity index (χ0v) is 22.8. The second-order valence-electron chi connectivity index (χ2n) is 10.3. The van der Waals surface area contributed by atoms with E-state index in [9.17, 15) is 22.8 Å². The van der Waals surface area contributed by atoms with Crippen LogP contribution in [-0.4, -0.2) is 53.4 Å². The van der Waals surface area contributed by atoms with Crippen molar-refractivity contribution in [1.82, 2.24) is 0 Å². The van der Waals surface area contributed by atoms with Crippen molar-refractivity contribution in [2.24, 2.45) is 5.41 Å². The molecule has 1 aromatic rings. The van der Waals surface area contributed by atoms with Crippen LogP contribution in [0.25, 0.3) is 0 Å². The Morgan fingerprint density at radius 1 is 1.00 bits per heavy atom. The van der Waals surface area contributed by atoms with Crippen molar-refractivity contribution >= 4 is 20.3 Å². The molecule has 0 saturated carbocycles. The van der Waals surface area contributed by atoms with E-state index in [-0.39, 0.29) is 11.6 Å². The number of hydrogen-bond acceptors (Lipinski definition) is 6. The van der Waals surface area contributed by atoms with Gasteiger partial charge in [-0.15, -0.1) is 0 Å². The smallest absolute Gasteiger partial charge is 0.432 e. The second kappa shape index (κ2) is 11.1. The summed E-state index contributed by atoms with van der Waals surface area (Å²) >= 11 is 0. The molecule has 0 heterocycles. The highest BCUT2D eigenvalue weighted by Crippen LogP contribution is 2.44. The summed E-state index contributed by atoms with van der Waals surface area (Å²) in [5, 5.41) is -0.137. The molecule has 0 N–H and O–H groups in total. The normalized spacial score (nSPS) is 15.3. The molecule has 0 amide bonds. The predicted octanol–water partition coefficient (Wildman–Crippen LogP) is 5.23. The van der Waals surface area contributed by atoms with Crippen LogP contribution in [0.1, 0.15) is 40.2 Å². The van der Waals surface area contributed by atoms with Gasteiger partial charge in [0.2, 0.25) is 0 Å². The Labute approximate surface area is 206 Å². The van der Waals surface area contributed by atoms with Crippen molar-refractivity contribution in [2.75, 3.05) is 20.8 Å². The topological polar surface area (TPSA) is 71.1 Å². The first-order valence-electron chi connectivity index (χ1n) is 11.0. The van der Waals surface area contributed by atoms with Gasteiger partial charge in [-0.25, -0.2) is 9.59 Å². The fraction of sp³-hybridized carbons (Fsp3) is 0.600. The molecule has 0 spiro atoms. The molecule has 0 unspecified atom stereocenters. The monoisotopic (exact) mass is 516 g/mol. The fourth-order valence-electron chi connectivity index (χ4n) is 2.80. The van der Waals surface area contributed by atoms with E-state index in [0.717, 1.165) is 26.4 Å². The van der Waals surface area contributed by atoms with Gasteiger partial charge in [0.05, 0.1) is 7.11 Å². The van der Waals surface area contributed by atoms with E-state index in [1.54, 1.807) is 13.8 Å². The SMILES string of the molecule is COC(=O)C#C[C@@H](OC(=O)[C@@](OC)(c1ccccc1)C(F)(F)F)C(C)(C)CO[Si](C)(C)C(C)(C)C. The van der Waals surface area contributed by atoms with E-state index in [0.29, 0.717) is 0 Å². The zero-order chi connectivity index (χ0) is 27.3. The van der Waals surface area contributed by atoms with Gasteiger partial charge in [-0.05, 0) is 24.1 Å². The fourth-order valence-corrected chi connectivity index (χ4v) is 3.96. The molecular weight excluding hydrogens is 481 g/mol. The lowest BCUT2D eigenvalue weighted by Crippen LogP contribution is -2.54. The van der Waals surface area contributed by atoms with Crippen LogP contribution in [0.15, 0.2) is 30.3 Å². The number of alkyl halides is 3. The van der Waals surface area contributed by atoms with E-state index in [4.69, 9.17) is 13.9 Å². The first-order chi connectivity index (χ1) is 15.9. The van der Waals surface area contributed by atoms with Gasteiger partial charge in [-0.2, -0.15) is 13.2 Å². The minimum absolute atomic E-state index is 0.0224. The maximum absolute atomic E-state index is 14.3. The van der Waals surface area contributed by atoms with Gasteiger partial charge in [-0.3, -0.25) is 0 Å². The van der Waals surface area contributed by atoms with E-state index in [2.05, 4.69) is 16.6 Å². The number of methoxy groups -OCH3 is 2. The lowest BCUT2D eigenvalue weighted by atomic mass is 9.87. The summed E-state index contributed by atoms with van der Waals surface area (Å²) in [6.07, 6.45) is -6.60. The van der Waals surface area contributed by atoms with Crippen molar-refractivity contribution in [3.63, 3.8) is 0 Å². The van der Waals surface area contributed by atoms with Crippen molar-refractivity contribution in [2.45, 2.75) is 70.6 Å². The molecule has 1 rings (SSSR count). The van der Waals surface area contributed by atoms with Gasteiger partial charge in [-0.1, -0.05) is 65.0 Å². The number of rotatable bonds is 8. The number of esters is 2. The van der Waals surface area contributed by atoms with Gasteiger partial charge in [0.1, 0.15) is 0 Å². The Kier molecular flexibility index (Phi) is 9.77. The Hall–Kier alpha value is -2.35. The average molecular weight is 517 g/mol. The summed E-state index contributed by atoms with van der Waals surface area (Å²) in [4.78, 5) is 24.8. The second-order valence-corrected chi connectivity index (χ2v) is 15.1. The highest BCUT2D eigenvalue weighted by molar-refractivity contribution is 6.74. The van der Waals surface area contributed by atoms with Gasteiger partial charge < -0.3 is 18.6 Å². The molecule has 1 aromatic carbocycles. The minimum Gasteiger partial charge on any atom is -0.459 e. The van der Waals surface area contributed by atoms with Crippen LogP contribution in [0, 0.1) is 17.3 Å². The maximum atomic E-state index is 14.3. The molecule has 0 fully saturated rings. The summed E-state index contributed by atoms with van der Waals surface area (Å²) in [6.45, 7) is 13.4. The Morgan fingerprint density at radius 2 is 1.54 bits per heavy atom. The highest BCUT2D eigenvalue weighted by atomic mass is 28.4. The van der Waals surface area contributed by atoms with Gasteiger partial charge in [0, 0.05) is 30.6 Å². The number of carbonyl (C=O) groups excluding carboxylic acids is 2. The Balaban J connectivity index is 3.48. The first-order valence-corrected chi connectivity index (χ1v) is 13.9. The molecule has 35 heavy (non-hydrogen) atoms. The maximum Gasteiger partial charge on any atom is 0.432 e. The molecule has 0 radical (unpaired) electrons. The Morgan fingerprint density at radius 3 is 1.97 bits per heavy atom. The summed E-state index contributed by atoms with van der Waals surface area (Å²) in [6, 6.07) is 6.47. The number of ether oxygens (including phenoxy) is 3. The van der Waals surface area contributed by atoms with Crippen molar-refractivity contribution in [1.29, 1.82) is 0 Å². The standard InChI is InChI=1S/C25H35F3O6Si/c1-22(2,3)35(8,9)33-17-23(4,5)19(15-16-20(29)31-6)34-21(30)24(32-7,25(26,27)28)18-13-11-10-12-14-18/h10-14,19H,17H2,1-9H3/t19-,24+/m1/s1. The summed E-state index contributed by atoms with van der Waals surface area (Å²) in [5.74, 6) is 1.99. The molecule has 0 saturated heterocycles. The molecular formula is C25H35F3O6Si. The third-order valence-corrected chi connectivity index (χ3v) is 10.7.